The number of allylic oxidation sites excluding steroid dienone is 1. The van der Waals surface area contributed by atoms with E-state index >= 15 is 0 Å². The van der Waals surface area contributed by atoms with Crippen molar-refractivity contribution in [3.05, 3.63) is 12.3 Å². The number of hydrogen-bond donors (Lipinski definition) is 1. The largest absolute Gasteiger partial charge is 0.389 e. The van der Waals surface area contributed by atoms with Crippen LogP contribution in [-0.4, -0.2) is 29.7 Å². The van der Waals surface area contributed by atoms with E-state index in [-0.39, 0.29) is 0 Å². The van der Waals surface area contributed by atoms with Gasteiger partial charge in [-0.05, 0) is 39.7 Å². The molecule has 0 saturated carbocycles. The first-order valence-corrected chi connectivity index (χ1v) is 7.67. The summed E-state index contributed by atoms with van der Waals surface area (Å²) in [5.41, 5.74) is 1.17. The van der Waals surface area contributed by atoms with Gasteiger partial charge < -0.3 is 5.32 Å². The van der Waals surface area contributed by atoms with Gasteiger partial charge in [0.1, 0.15) is 0 Å². The van der Waals surface area contributed by atoms with Gasteiger partial charge in [-0.1, -0.05) is 38.8 Å². The second-order valence-corrected chi connectivity index (χ2v) is 6.38. The molecule has 0 fully saturated rings. The summed E-state index contributed by atoms with van der Waals surface area (Å²) < 4.78 is 2.33. The lowest BCUT2D eigenvalue weighted by Gasteiger charge is -2.19. The summed E-state index contributed by atoms with van der Waals surface area (Å²) in [7, 11) is 2.17. The summed E-state index contributed by atoms with van der Waals surface area (Å²) >= 11 is 1.95. The van der Waals surface area contributed by atoms with E-state index in [0.717, 1.165) is 6.54 Å². The smallest absolute Gasteiger partial charge is 0.0143 e. The molecule has 0 aliphatic rings. The van der Waals surface area contributed by atoms with Crippen LogP contribution in [0.15, 0.2) is 12.3 Å². The highest BCUT2D eigenvalue weighted by molar-refractivity contribution is 7.97. The number of nitrogens with zero attached hydrogens (tertiary/aromatic N) is 1. The Morgan fingerprint density at radius 1 is 1.18 bits per heavy atom. The van der Waals surface area contributed by atoms with Crippen LogP contribution in [-0.2, 0) is 0 Å². The van der Waals surface area contributed by atoms with Crippen LogP contribution in [0.1, 0.15) is 47.0 Å². The van der Waals surface area contributed by atoms with Crippen molar-refractivity contribution in [1.82, 2.24) is 9.62 Å². The summed E-state index contributed by atoms with van der Waals surface area (Å²) in [4.78, 5) is 0. The monoisotopic (exact) mass is 258 g/mol. The molecule has 0 aliphatic carbocycles. The first-order chi connectivity index (χ1) is 7.95. The predicted octanol–water partition coefficient (Wildman–Crippen LogP) is 3.90. The maximum Gasteiger partial charge on any atom is 0.0143 e. The van der Waals surface area contributed by atoms with Crippen molar-refractivity contribution in [2.75, 3.05) is 19.3 Å². The zero-order valence-electron chi connectivity index (χ0n) is 12.3. The molecule has 2 nitrogen and oxygen atoms in total. The molecule has 0 radical (unpaired) electrons. The highest BCUT2D eigenvalue weighted by Gasteiger charge is 2.02. The molecule has 3 heteroatoms. The molecule has 0 spiro atoms. The van der Waals surface area contributed by atoms with Crippen molar-refractivity contribution in [2.45, 2.75) is 53.0 Å². The standard InChI is InChI=1S/C14H30N2S/c1-12(2)14(5)15-10-8-7-9-11-17-16(6)13(3)4/h12-13,15H,5,7-11H2,1-4,6H3. The molecule has 0 aromatic rings. The molecule has 0 aliphatic heterocycles. The molecule has 0 heterocycles. The fourth-order valence-electron chi connectivity index (χ4n) is 1.21. The molecule has 0 bridgehead atoms. The number of rotatable bonds is 10. The van der Waals surface area contributed by atoms with E-state index in [9.17, 15) is 0 Å². The Labute approximate surface area is 112 Å². The zero-order valence-corrected chi connectivity index (χ0v) is 13.1. The molecule has 1 N–H and O–H groups in total. The number of hydrogen-bond acceptors (Lipinski definition) is 3. The fourth-order valence-corrected chi connectivity index (χ4v) is 2.13. The predicted molar refractivity (Wildman–Crippen MR) is 81.2 cm³/mol. The van der Waals surface area contributed by atoms with Gasteiger partial charge in [0.15, 0.2) is 0 Å². The molecule has 0 amide bonds. The molecule has 0 atom stereocenters. The second-order valence-electron chi connectivity index (χ2n) is 5.14. The Morgan fingerprint density at radius 3 is 2.35 bits per heavy atom. The summed E-state index contributed by atoms with van der Waals surface area (Å²) in [5.74, 6) is 1.78. The molecular formula is C14H30N2S. The van der Waals surface area contributed by atoms with Gasteiger partial charge in [0.2, 0.25) is 0 Å². The van der Waals surface area contributed by atoms with Gasteiger partial charge >= 0.3 is 0 Å². The third kappa shape index (κ3) is 9.54. The van der Waals surface area contributed by atoms with Crippen molar-refractivity contribution >= 4 is 11.9 Å². The van der Waals surface area contributed by atoms with Crippen LogP contribution in [0, 0.1) is 5.92 Å². The Kier molecular flexibility index (Phi) is 9.75. The van der Waals surface area contributed by atoms with Crippen molar-refractivity contribution in [1.29, 1.82) is 0 Å². The third-order valence-corrected chi connectivity index (χ3v) is 4.19. The van der Waals surface area contributed by atoms with Crippen molar-refractivity contribution in [3.63, 3.8) is 0 Å². The lowest BCUT2D eigenvalue weighted by molar-refractivity contribution is 0.468. The van der Waals surface area contributed by atoms with E-state index in [1.54, 1.807) is 0 Å². The van der Waals surface area contributed by atoms with Crippen molar-refractivity contribution in [2.24, 2.45) is 5.92 Å². The van der Waals surface area contributed by atoms with Crippen molar-refractivity contribution in [3.8, 4) is 0 Å². The molecule has 0 aromatic carbocycles. The minimum atomic E-state index is 0.547. The highest BCUT2D eigenvalue weighted by atomic mass is 32.2. The summed E-state index contributed by atoms with van der Waals surface area (Å²) in [6.45, 7) is 13.9. The normalized spacial score (nSPS) is 11.5. The minimum Gasteiger partial charge on any atom is -0.389 e. The first-order valence-electron chi connectivity index (χ1n) is 6.73. The van der Waals surface area contributed by atoms with Gasteiger partial charge in [-0.25, -0.2) is 0 Å². The topological polar surface area (TPSA) is 15.3 Å². The van der Waals surface area contributed by atoms with E-state index in [1.165, 1.54) is 30.7 Å². The lowest BCUT2D eigenvalue weighted by atomic mass is 10.1. The summed E-state index contributed by atoms with van der Waals surface area (Å²) in [5, 5.41) is 3.39. The van der Waals surface area contributed by atoms with E-state index < -0.39 is 0 Å². The average Bonchev–Trinajstić information content (AvgIpc) is 2.26. The molecule has 17 heavy (non-hydrogen) atoms. The van der Waals surface area contributed by atoms with Gasteiger partial charge in [0.05, 0.1) is 0 Å². The average molecular weight is 258 g/mol. The summed E-state index contributed by atoms with van der Waals surface area (Å²) in [6, 6.07) is 0.635. The van der Waals surface area contributed by atoms with Crippen LogP contribution in [0.5, 0.6) is 0 Å². The third-order valence-electron chi connectivity index (χ3n) is 2.89. The maximum atomic E-state index is 4.01. The molecule has 0 saturated heterocycles. The molecule has 102 valence electrons. The van der Waals surface area contributed by atoms with E-state index in [4.69, 9.17) is 0 Å². The summed E-state index contributed by atoms with van der Waals surface area (Å²) in [6.07, 6.45) is 3.85. The molecule has 0 rings (SSSR count). The SMILES string of the molecule is C=C(NCCCCCSN(C)C(C)C)C(C)C. The Morgan fingerprint density at radius 2 is 1.82 bits per heavy atom. The van der Waals surface area contributed by atoms with Gasteiger partial charge in [0.25, 0.3) is 0 Å². The maximum absolute atomic E-state index is 4.01. The first kappa shape index (κ1) is 16.9. The van der Waals surface area contributed by atoms with Crippen LogP contribution in [0.4, 0.5) is 0 Å². The van der Waals surface area contributed by atoms with E-state index in [0.29, 0.717) is 12.0 Å². The van der Waals surface area contributed by atoms with Gasteiger partial charge in [0, 0.05) is 24.0 Å². The second kappa shape index (κ2) is 9.84. The van der Waals surface area contributed by atoms with E-state index in [2.05, 4.69) is 50.9 Å². The fraction of sp³-hybridized carbons (Fsp3) is 0.857. The van der Waals surface area contributed by atoms with Crippen molar-refractivity contribution < 1.29 is 0 Å². The molecular weight excluding hydrogens is 228 g/mol. The van der Waals surface area contributed by atoms with E-state index in [1.807, 2.05) is 11.9 Å². The minimum absolute atomic E-state index is 0.547. The number of unbranched alkanes of at least 4 members (excludes halogenated alkanes) is 2. The van der Waals surface area contributed by atoms with Crippen LogP contribution in [0.3, 0.4) is 0 Å². The van der Waals surface area contributed by atoms with Gasteiger partial charge in [-0.15, -0.1) is 0 Å². The zero-order chi connectivity index (χ0) is 13.3. The highest BCUT2D eigenvalue weighted by Crippen LogP contribution is 2.13. The Bertz CT molecular complexity index is 202. The van der Waals surface area contributed by atoms with Gasteiger partial charge in [-0.3, -0.25) is 4.31 Å². The molecule has 0 unspecified atom stereocenters. The Balaban J connectivity index is 3.27. The van der Waals surface area contributed by atoms with Gasteiger partial charge in [-0.2, -0.15) is 0 Å². The van der Waals surface area contributed by atoms with Crippen LogP contribution >= 0.6 is 11.9 Å². The molecule has 0 aromatic heterocycles. The lowest BCUT2D eigenvalue weighted by Crippen LogP contribution is -2.19. The Hall–Kier alpha value is -0.150. The van der Waals surface area contributed by atoms with Crippen LogP contribution in [0.25, 0.3) is 0 Å². The van der Waals surface area contributed by atoms with Crippen LogP contribution < -0.4 is 5.32 Å². The quantitative estimate of drug-likeness (QED) is 0.472. The van der Waals surface area contributed by atoms with Crippen LogP contribution in [0.2, 0.25) is 0 Å². The number of nitrogens with one attached hydrogen (secondary N) is 1.